The maximum Gasteiger partial charge on any atom is 0.141 e. The van der Waals surface area contributed by atoms with Gasteiger partial charge < -0.3 is 5.32 Å². The summed E-state index contributed by atoms with van der Waals surface area (Å²) in [6.07, 6.45) is 5.20. The second-order valence-corrected chi connectivity index (χ2v) is 6.86. The predicted octanol–water partition coefficient (Wildman–Crippen LogP) is 4.00. The first kappa shape index (κ1) is 15.3. The van der Waals surface area contributed by atoms with Gasteiger partial charge in [-0.25, -0.2) is 4.39 Å². The van der Waals surface area contributed by atoms with E-state index < -0.39 is 0 Å². The van der Waals surface area contributed by atoms with Crippen molar-refractivity contribution in [3.8, 4) is 0 Å². The number of piperidine rings is 1. The molecule has 1 N–H and O–H groups in total. The number of hydrogen-bond donors (Lipinski definition) is 1. The molecular weight excluding hydrogens is 287 g/mol. The number of nitrogens with one attached hydrogen (secondary N) is 1. The summed E-state index contributed by atoms with van der Waals surface area (Å²) >= 11 is 5.93. The van der Waals surface area contributed by atoms with E-state index in [1.807, 2.05) is 6.07 Å². The highest BCUT2D eigenvalue weighted by Crippen LogP contribution is 2.31. The average molecular weight is 311 g/mol. The van der Waals surface area contributed by atoms with Crippen molar-refractivity contribution in [3.05, 3.63) is 34.6 Å². The normalized spacial score (nSPS) is 28.7. The minimum atomic E-state index is -0.334. The molecule has 0 spiro atoms. The number of hydrogen-bond acceptors (Lipinski definition) is 2. The molecule has 1 aromatic rings. The quantitative estimate of drug-likeness (QED) is 0.907. The Morgan fingerprint density at radius 1 is 1.33 bits per heavy atom. The van der Waals surface area contributed by atoms with Crippen LogP contribution in [0.3, 0.4) is 0 Å². The highest BCUT2D eigenvalue weighted by Gasteiger charge is 2.31. The lowest BCUT2D eigenvalue weighted by atomic mass is 9.88. The van der Waals surface area contributed by atoms with Crippen LogP contribution in [0.25, 0.3) is 0 Å². The lowest BCUT2D eigenvalue weighted by molar-refractivity contribution is 0.115. The maximum atomic E-state index is 13.3. The van der Waals surface area contributed by atoms with Gasteiger partial charge in [-0.2, -0.15) is 0 Å². The van der Waals surface area contributed by atoms with Gasteiger partial charge in [-0.05, 0) is 69.3 Å². The molecule has 0 aromatic heterocycles. The van der Waals surface area contributed by atoms with Gasteiger partial charge in [-0.1, -0.05) is 17.7 Å². The van der Waals surface area contributed by atoms with E-state index >= 15 is 0 Å². The second kappa shape index (κ2) is 6.64. The van der Waals surface area contributed by atoms with Gasteiger partial charge in [0.15, 0.2) is 0 Å². The van der Waals surface area contributed by atoms with Crippen LogP contribution in [0.1, 0.15) is 44.2 Å². The minimum Gasteiger partial charge on any atom is -0.314 e. The standard InChI is InChI=1S/C17H24ClFN2/c1-12(13-6-7-16(19)15(18)10-13)21-9-3-4-14(11-21)17-5-2-8-20-17/h6-7,10,12,14,17,20H,2-5,8-9,11H2,1H3. The van der Waals surface area contributed by atoms with E-state index in [2.05, 4.69) is 17.1 Å². The van der Waals surface area contributed by atoms with Gasteiger partial charge in [-0.15, -0.1) is 0 Å². The van der Waals surface area contributed by atoms with Crippen LogP contribution >= 0.6 is 11.6 Å². The van der Waals surface area contributed by atoms with Crippen LogP contribution in [-0.2, 0) is 0 Å². The number of likely N-dealkylation sites (tertiary alicyclic amines) is 1. The molecule has 2 fully saturated rings. The van der Waals surface area contributed by atoms with Gasteiger partial charge >= 0.3 is 0 Å². The Morgan fingerprint density at radius 2 is 2.19 bits per heavy atom. The third kappa shape index (κ3) is 3.41. The molecule has 2 aliphatic heterocycles. The van der Waals surface area contributed by atoms with Gasteiger partial charge in [0.2, 0.25) is 0 Å². The molecule has 0 aliphatic carbocycles. The molecule has 21 heavy (non-hydrogen) atoms. The topological polar surface area (TPSA) is 15.3 Å². The highest BCUT2D eigenvalue weighted by molar-refractivity contribution is 6.30. The van der Waals surface area contributed by atoms with Crippen LogP contribution in [0.15, 0.2) is 18.2 Å². The molecule has 0 bridgehead atoms. The van der Waals surface area contributed by atoms with E-state index in [0.717, 1.165) is 24.6 Å². The first-order valence-corrected chi connectivity index (χ1v) is 8.45. The maximum absolute atomic E-state index is 13.3. The van der Waals surface area contributed by atoms with Crippen molar-refractivity contribution >= 4 is 11.6 Å². The van der Waals surface area contributed by atoms with Gasteiger partial charge in [-0.3, -0.25) is 4.90 Å². The van der Waals surface area contributed by atoms with E-state index in [9.17, 15) is 4.39 Å². The van der Waals surface area contributed by atoms with Crippen molar-refractivity contribution in [1.29, 1.82) is 0 Å². The lowest BCUT2D eigenvalue weighted by Crippen LogP contribution is -2.44. The van der Waals surface area contributed by atoms with Gasteiger partial charge in [0, 0.05) is 18.6 Å². The fourth-order valence-corrected chi connectivity index (χ4v) is 4.01. The Hall–Kier alpha value is -0.640. The van der Waals surface area contributed by atoms with Crippen LogP contribution < -0.4 is 5.32 Å². The first-order chi connectivity index (χ1) is 10.1. The monoisotopic (exact) mass is 310 g/mol. The summed E-state index contributed by atoms with van der Waals surface area (Å²) in [5.41, 5.74) is 1.11. The minimum absolute atomic E-state index is 0.227. The molecule has 4 heteroatoms. The largest absolute Gasteiger partial charge is 0.314 e. The van der Waals surface area contributed by atoms with E-state index in [-0.39, 0.29) is 10.8 Å². The zero-order valence-corrected chi connectivity index (χ0v) is 13.4. The van der Waals surface area contributed by atoms with E-state index in [1.165, 1.54) is 38.3 Å². The van der Waals surface area contributed by atoms with E-state index in [0.29, 0.717) is 12.1 Å². The number of halogens is 2. The van der Waals surface area contributed by atoms with E-state index in [1.54, 1.807) is 6.07 Å². The van der Waals surface area contributed by atoms with Crippen LogP contribution in [-0.4, -0.2) is 30.6 Å². The fourth-order valence-electron chi connectivity index (χ4n) is 3.82. The van der Waals surface area contributed by atoms with E-state index in [4.69, 9.17) is 11.6 Å². The highest BCUT2D eigenvalue weighted by atomic mass is 35.5. The zero-order chi connectivity index (χ0) is 14.8. The average Bonchev–Trinajstić information content (AvgIpc) is 3.04. The van der Waals surface area contributed by atoms with Crippen molar-refractivity contribution in [2.24, 2.45) is 5.92 Å². The molecule has 2 aliphatic rings. The molecule has 2 saturated heterocycles. The third-order valence-corrected chi connectivity index (χ3v) is 5.42. The van der Waals surface area contributed by atoms with Gasteiger partial charge in [0.05, 0.1) is 5.02 Å². The van der Waals surface area contributed by atoms with Crippen LogP contribution in [0.4, 0.5) is 4.39 Å². The third-order valence-electron chi connectivity index (χ3n) is 5.13. The Balaban J connectivity index is 1.68. The van der Waals surface area contributed by atoms with Crippen molar-refractivity contribution in [1.82, 2.24) is 10.2 Å². The summed E-state index contributed by atoms with van der Waals surface area (Å²) in [7, 11) is 0. The summed E-state index contributed by atoms with van der Waals surface area (Å²) in [4.78, 5) is 2.53. The Kier molecular flexibility index (Phi) is 4.82. The molecule has 0 radical (unpaired) electrons. The smallest absolute Gasteiger partial charge is 0.141 e. The molecule has 2 heterocycles. The van der Waals surface area contributed by atoms with Crippen LogP contribution in [0.5, 0.6) is 0 Å². The summed E-state index contributed by atoms with van der Waals surface area (Å²) in [6.45, 7) is 5.63. The number of nitrogens with zero attached hydrogens (tertiary/aromatic N) is 1. The first-order valence-electron chi connectivity index (χ1n) is 8.07. The zero-order valence-electron chi connectivity index (χ0n) is 12.6. The number of benzene rings is 1. The van der Waals surface area contributed by atoms with Crippen LogP contribution in [0.2, 0.25) is 5.02 Å². The summed E-state index contributed by atoms with van der Waals surface area (Å²) in [6, 6.07) is 6.11. The van der Waals surface area contributed by atoms with Gasteiger partial charge in [0.25, 0.3) is 0 Å². The summed E-state index contributed by atoms with van der Waals surface area (Å²) in [5.74, 6) is 0.416. The van der Waals surface area contributed by atoms with Crippen molar-refractivity contribution in [3.63, 3.8) is 0 Å². The van der Waals surface area contributed by atoms with Crippen LogP contribution in [0, 0.1) is 11.7 Å². The molecule has 3 atom stereocenters. The van der Waals surface area contributed by atoms with Gasteiger partial charge in [0.1, 0.15) is 5.82 Å². The molecule has 3 rings (SSSR count). The number of rotatable bonds is 3. The van der Waals surface area contributed by atoms with Crippen molar-refractivity contribution in [2.45, 2.75) is 44.7 Å². The van der Waals surface area contributed by atoms with Crippen molar-refractivity contribution in [2.75, 3.05) is 19.6 Å². The molecule has 0 amide bonds. The predicted molar refractivity (Wildman–Crippen MR) is 85.1 cm³/mol. The molecule has 3 unspecified atom stereocenters. The lowest BCUT2D eigenvalue weighted by Gasteiger charge is -2.39. The molecular formula is C17H24ClFN2. The fraction of sp³-hybridized carbons (Fsp3) is 0.647. The molecule has 2 nitrogen and oxygen atoms in total. The SMILES string of the molecule is CC(c1ccc(F)c(Cl)c1)N1CCCC(C2CCCN2)C1. The summed E-state index contributed by atoms with van der Waals surface area (Å²) in [5, 5.41) is 3.87. The molecule has 0 saturated carbocycles. The molecule has 1 aromatic carbocycles. The Labute approximate surface area is 131 Å². The summed E-state index contributed by atoms with van der Waals surface area (Å²) < 4.78 is 13.3. The second-order valence-electron chi connectivity index (χ2n) is 6.45. The van der Waals surface area contributed by atoms with Crippen molar-refractivity contribution < 1.29 is 4.39 Å². The molecule has 116 valence electrons. The Morgan fingerprint density at radius 3 is 2.90 bits per heavy atom. The Bertz CT molecular complexity index is 488.